The third-order valence-corrected chi connectivity index (χ3v) is 8.89. The van der Waals surface area contributed by atoms with Crippen LogP contribution < -0.4 is 0 Å². The molecule has 0 saturated heterocycles. The molecule has 0 heterocycles. The summed E-state index contributed by atoms with van der Waals surface area (Å²) in [5.74, 6) is 0.584. The number of carbonyl (C=O) groups is 3. The van der Waals surface area contributed by atoms with Crippen molar-refractivity contribution >= 4 is 29.1 Å². The molecule has 0 unspecified atom stereocenters. The van der Waals surface area contributed by atoms with Crippen molar-refractivity contribution in [2.45, 2.75) is 71.8 Å². The van der Waals surface area contributed by atoms with Crippen molar-refractivity contribution < 1.29 is 19.1 Å². The molecule has 0 aromatic carbocycles. The molecule has 4 nitrogen and oxygen atoms in total. The van der Waals surface area contributed by atoms with E-state index in [0.29, 0.717) is 23.8 Å². The van der Waals surface area contributed by atoms with E-state index in [2.05, 4.69) is 19.9 Å². The summed E-state index contributed by atoms with van der Waals surface area (Å²) >= 11 is 6.71. The van der Waals surface area contributed by atoms with Crippen LogP contribution in [-0.2, 0) is 19.1 Å². The van der Waals surface area contributed by atoms with Gasteiger partial charge in [0.25, 0.3) is 0 Å². The predicted molar refractivity (Wildman–Crippen MR) is 107 cm³/mol. The quantitative estimate of drug-likeness (QED) is 0.623. The number of hydrogen-bond donors (Lipinski definition) is 0. The number of ether oxygens (including phenoxy) is 1. The van der Waals surface area contributed by atoms with Gasteiger partial charge in [0, 0.05) is 23.8 Å². The average Bonchev–Trinajstić information content (AvgIpc) is 2.90. The highest BCUT2D eigenvalue weighted by Gasteiger charge is 2.67. The molecule has 4 aliphatic carbocycles. The van der Waals surface area contributed by atoms with Crippen LogP contribution in [0.4, 0.5) is 0 Å². The lowest BCUT2D eigenvalue weighted by molar-refractivity contribution is -0.185. The van der Waals surface area contributed by atoms with E-state index in [1.54, 1.807) is 13.0 Å². The van der Waals surface area contributed by atoms with Gasteiger partial charge in [-0.2, -0.15) is 0 Å². The first-order valence-corrected chi connectivity index (χ1v) is 10.8. The molecule has 0 spiro atoms. The summed E-state index contributed by atoms with van der Waals surface area (Å²) in [5.41, 5.74) is -0.532. The minimum Gasteiger partial charge on any atom is -0.451 e. The third kappa shape index (κ3) is 2.46. The van der Waals surface area contributed by atoms with Crippen LogP contribution in [0.5, 0.6) is 0 Å². The molecule has 5 heteroatoms. The Morgan fingerprint density at radius 3 is 2.43 bits per heavy atom. The van der Waals surface area contributed by atoms with E-state index in [0.717, 1.165) is 31.3 Å². The topological polar surface area (TPSA) is 60.4 Å². The zero-order valence-electron chi connectivity index (χ0n) is 17.1. The Bertz CT molecular complexity index is 826. The molecule has 0 aromatic heterocycles. The smallest absolute Gasteiger partial charge is 0.303 e. The summed E-state index contributed by atoms with van der Waals surface area (Å²) in [6.07, 6.45) is 8.48. The number of hydrogen-bond acceptors (Lipinski definition) is 4. The van der Waals surface area contributed by atoms with E-state index in [1.165, 1.54) is 6.92 Å². The van der Waals surface area contributed by atoms with E-state index in [9.17, 15) is 14.4 Å². The molecule has 0 radical (unpaired) electrons. The molecule has 28 heavy (non-hydrogen) atoms. The first-order valence-electron chi connectivity index (χ1n) is 10.4. The number of Topliss-reactive ketones (excluding diaryl/α,β-unsaturated/α-hetero) is 1. The molecule has 0 bridgehead atoms. The summed E-state index contributed by atoms with van der Waals surface area (Å²) in [6.45, 7) is 7.33. The first kappa shape index (κ1) is 19.9. The fourth-order valence-corrected chi connectivity index (χ4v) is 7.55. The van der Waals surface area contributed by atoms with Gasteiger partial charge in [-0.05, 0) is 73.8 Å². The zero-order chi connectivity index (χ0) is 20.5. The van der Waals surface area contributed by atoms with Gasteiger partial charge < -0.3 is 4.74 Å². The van der Waals surface area contributed by atoms with Gasteiger partial charge >= 0.3 is 5.97 Å². The van der Waals surface area contributed by atoms with Gasteiger partial charge in [0.05, 0.1) is 0 Å². The molecule has 152 valence electrons. The molecular formula is C23H29ClO4. The van der Waals surface area contributed by atoms with E-state index >= 15 is 0 Å². The average molecular weight is 405 g/mol. The van der Waals surface area contributed by atoms with Crippen molar-refractivity contribution in [3.05, 3.63) is 22.8 Å². The first-order chi connectivity index (χ1) is 13.0. The van der Waals surface area contributed by atoms with Gasteiger partial charge in [-0.1, -0.05) is 31.5 Å². The molecule has 4 rings (SSSR count). The third-order valence-electron chi connectivity index (χ3n) is 8.56. The summed E-state index contributed by atoms with van der Waals surface area (Å²) in [6, 6.07) is 0. The SMILES string of the molecule is CC(=O)O[C@@]1(C(C)=O)CC[C@@H]2[C@H]3C=C(Cl)C4=CC(=O)CC[C@@]4(C)[C@@H]3CC[C@]21C. The van der Waals surface area contributed by atoms with Gasteiger partial charge in [0.15, 0.2) is 17.2 Å². The fourth-order valence-electron chi connectivity index (χ4n) is 7.13. The summed E-state index contributed by atoms with van der Waals surface area (Å²) in [5, 5.41) is 0.689. The maximum absolute atomic E-state index is 12.7. The highest BCUT2D eigenvalue weighted by Crippen LogP contribution is 2.68. The minimum absolute atomic E-state index is 0.0490. The van der Waals surface area contributed by atoms with Crippen molar-refractivity contribution in [1.29, 1.82) is 0 Å². The molecule has 0 amide bonds. The Morgan fingerprint density at radius 2 is 1.79 bits per heavy atom. The van der Waals surface area contributed by atoms with Gasteiger partial charge in [-0.15, -0.1) is 0 Å². The van der Waals surface area contributed by atoms with Crippen molar-refractivity contribution in [3.63, 3.8) is 0 Å². The highest BCUT2D eigenvalue weighted by molar-refractivity contribution is 6.32. The van der Waals surface area contributed by atoms with Crippen molar-refractivity contribution in [3.8, 4) is 0 Å². The highest BCUT2D eigenvalue weighted by atomic mass is 35.5. The lowest BCUT2D eigenvalue weighted by Gasteiger charge is -2.57. The van der Waals surface area contributed by atoms with Crippen LogP contribution in [0, 0.1) is 28.6 Å². The normalized spacial score (nSPS) is 44.6. The molecule has 4 aliphatic rings. The standard InChI is InChI=1S/C23H29ClO4/c1-13(25)23(28-14(2)26)10-7-18-16-12-20(24)19-11-15(27)5-8-21(19,3)17(16)6-9-22(18,23)4/h11-12,16-18H,5-10H2,1-4H3/t16-,17+,18+,21-,22+,23+/m0/s1. The zero-order valence-corrected chi connectivity index (χ0v) is 17.9. The van der Waals surface area contributed by atoms with Crippen LogP contribution >= 0.6 is 11.6 Å². The lowest BCUT2D eigenvalue weighted by atomic mass is 9.48. The van der Waals surface area contributed by atoms with Crippen LogP contribution in [0.3, 0.4) is 0 Å². The van der Waals surface area contributed by atoms with Crippen LogP contribution in [-0.4, -0.2) is 23.1 Å². The summed E-state index contributed by atoms with van der Waals surface area (Å²) in [4.78, 5) is 36.6. The lowest BCUT2D eigenvalue weighted by Crippen LogP contribution is -2.58. The van der Waals surface area contributed by atoms with Crippen LogP contribution in [0.1, 0.15) is 66.2 Å². The van der Waals surface area contributed by atoms with E-state index in [1.807, 2.05) is 0 Å². The minimum atomic E-state index is -1.03. The van der Waals surface area contributed by atoms with E-state index in [4.69, 9.17) is 16.3 Å². The molecule has 6 atom stereocenters. The van der Waals surface area contributed by atoms with Gasteiger partial charge in [0.1, 0.15) is 0 Å². The second kappa shape index (κ2) is 6.29. The van der Waals surface area contributed by atoms with E-state index in [-0.39, 0.29) is 40.2 Å². The Morgan fingerprint density at radius 1 is 1.11 bits per heavy atom. The number of halogens is 1. The number of carbonyl (C=O) groups excluding carboxylic acids is 3. The second-order valence-electron chi connectivity index (χ2n) is 9.72. The van der Waals surface area contributed by atoms with Crippen molar-refractivity contribution in [2.75, 3.05) is 0 Å². The fraction of sp³-hybridized carbons (Fsp3) is 0.696. The molecule has 0 N–H and O–H groups in total. The summed E-state index contributed by atoms with van der Waals surface area (Å²) < 4.78 is 5.79. The number of esters is 1. The Kier molecular flexibility index (Phi) is 4.46. The summed E-state index contributed by atoms with van der Waals surface area (Å²) in [7, 11) is 0. The number of ketones is 2. The van der Waals surface area contributed by atoms with Gasteiger partial charge in [-0.25, -0.2) is 0 Å². The predicted octanol–water partition coefficient (Wildman–Crippen LogP) is 4.75. The Balaban J connectivity index is 1.79. The van der Waals surface area contributed by atoms with Crippen molar-refractivity contribution in [1.82, 2.24) is 0 Å². The molecule has 2 fully saturated rings. The van der Waals surface area contributed by atoms with Crippen LogP contribution in [0.2, 0.25) is 0 Å². The van der Waals surface area contributed by atoms with Gasteiger partial charge in [-0.3, -0.25) is 14.4 Å². The van der Waals surface area contributed by atoms with Crippen molar-refractivity contribution in [2.24, 2.45) is 28.6 Å². The van der Waals surface area contributed by atoms with E-state index < -0.39 is 5.60 Å². The van der Waals surface area contributed by atoms with Crippen LogP contribution in [0.15, 0.2) is 22.8 Å². The number of allylic oxidation sites excluding steroid dienone is 4. The maximum atomic E-state index is 12.7. The van der Waals surface area contributed by atoms with Crippen LogP contribution in [0.25, 0.3) is 0 Å². The monoisotopic (exact) mass is 404 g/mol. The maximum Gasteiger partial charge on any atom is 0.303 e. The number of rotatable bonds is 2. The van der Waals surface area contributed by atoms with Gasteiger partial charge in [0.2, 0.25) is 0 Å². The Labute approximate surface area is 171 Å². The second-order valence-corrected chi connectivity index (χ2v) is 10.1. The molecule has 0 aliphatic heterocycles. The molecular weight excluding hydrogens is 376 g/mol. The Hall–Kier alpha value is -1.42. The largest absolute Gasteiger partial charge is 0.451 e. The molecule has 0 aromatic rings. The molecule has 2 saturated carbocycles. The number of fused-ring (bicyclic) bond motifs is 5.